The second-order valence-corrected chi connectivity index (χ2v) is 6.64. The lowest BCUT2D eigenvalue weighted by Gasteiger charge is -2.32. The van der Waals surface area contributed by atoms with E-state index in [1.54, 1.807) is 7.11 Å². The molecule has 2 heterocycles. The molecule has 1 saturated heterocycles. The van der Waals surface area contributed by atoms with Crippen molar-refractivity contribution in [2.75, 3.05) is 33.4 Å². The van der Waals surface area contributed by atoms with Gasteiger partial charge in [0.1, 0.15) is 0 Å². The van der Waals surface area contributed by atoms with Gasteiger partial charge >= 0.3 is 0 Å². The fourth-order valence-corrected chi connectivity index (χ4v) is 3.54. The van der Waals surface area contributed by atoms with E-state index in [2.05, 4.69) is 33.1 Å². The number of carbonyl (C=O) groups is 1. The third-order valence-corrected chi connectivity index (χ3v) is 4.89. The average Bonchev–Trinajstić information content (AvgIpc) is 2.90. The Hall–Kier alpha value is -1.85. The molecule has 0 bridgehead atoms. The molecule has 5 heteroatoms. The minimum absolute atomic E-state index is 0.127. The van der Waals surface area contributed by atoms with Crippen molar-refractivity contribution < 1.29 is 9.53 Å². The monoisotopic (exact) mass is 329 g/mol. The number of hydrogen-bond donors (Lipinski definition) is 1. The lowest BCUT2D eigenvalue weighted by atomic mass is 10.0. The van der Waals surface area contributed by atoms with Gasteiger partial charge in [-0.2, -0.15) is 0 Å². The number of nitrogens with zero attached hydrogens (tertiary/aromatic N) is 2. The predicted molar refractivity (Wildman–Crippen MR) is 96.1 cm³/mol. The molecule has 0 aliphatic carbocycles. The molecule has 1 fully saturated rings. The molecular weight excluding hydrogens is 302 g/mol. The van der Waals surface area contributed by atoms with Gasteiger partial charge in [0.2, 0.25) is 5.91 Å². The Labute approximate surface area is 143 Å². The zero-order valence-corrected chi connectivity index (χ0v) is 14.6. The molecule has 3 rings (SSSR count). The topological polar surface area (TPSA) is 46.5 Å². The molecule has 1 aliphatic rings. The highest BCUT2D eigenvalue weighted by atomic mass is 16.5. The molecule has 0 unspecified atom stereocenters. The summed E-state index contributed by atoms with van der Waals surface area (Å²) < 4.78 is 7.22. The Morgan fingerprint density at radius 3 is 2.79 bits per heavy atom. The first-order valence-electron chi connectivity index (χ1n) is 8.71. The number of piperidine rings is 1. The maximum Gasteiger partial charge on any atom is 0.224 e. The second kappa shape index (κ2) is 7.81. The van der Waals surface area contributed by atoms with Crippen molar-refractivity contribution in [1.82, 2.24) is 14.8 Å². The summed E-state index contributed by atoms with van der Waals surface area (Å²) in [5.41, 5.74) is 2.27. The molecule has 1 aromatic heterocycles. The molecular formula is C19H27N3O2. The highest BCUT2D eigenvalue weighted by Crippen LogP contribution is 2.21. The average molecular weight is 329 g/mol. The summed E-state index contributed by atoms with van der Waals surface area (Å²) in [6, 6.07) is 8.54. The quantitative estimate of drug-likeness (QED) is 0.881. The number of methoxy groups -OCH3 is 1. The number of benzene rings is 1. The normalized spacial score (nSPS) is 16.6. The van der Waals surface area contributed by atoms with E-state index in [1.165, 1.54) is 10.9 Å². The first-order chi connectivity index (χ1) is 11.7. The molecule has 5 nitrogen and oxygen atoms in total. The van der Waals surface area contributed by atoms with Gasteiger partial charge < -0.3 is 19.5 Å². The van der Waals surface area contributed by atoms with E-state index in [0.29, 0.717) is 12.5 Å². The summed E-state index contributed by atoms with van der Waals surface area (Å²) >= 11 is 0. The molecule has 0 saturated carbocycles. The van der Waals surface area contributed by atoms with Gasteiger partial charge in [0.25, 0.3) is 0 Å². The van der Waals surface area contributed by atoms with E-state index in [4.69, 9.17) is 4.74 Å². The van der Waals surface area contributed by atoms with E-state index in [-0.39, 0.29) is 5.91 Å². The molecule has 0 atom stereocenters. The number of nitrogens with one attached hydrogen (secondary N) is 1. The van der Waals surface area contributed by atoms with Gasteiger partial charge in [-0.15, -0.1) is 0 Å². The first kappa shape index (κ1) is 17.0. The molecule has 0 radical (unpaired) electrons. The van der Waals surface area contributed by atoms with E-state index in [0.717, 1.165) is 44.6 Å². The van der Waals surface area contributed by atoms with E-state index < -0.39 is 0 Å². The fraction of sp³-hybridized carbons (Fsp3) is 0.526. The molecule has 0 spiro atoms. The summed E-state index contributed by atoms with van der Waals surface area (Å²) in [6.45, 7) is 3.82. The number of aromatic nitrogens is 1. The standard InChI is InChI=1S/C19H27N3O2/c1-21-14-15(17-5-3-4-6-18(17)21)13-19(23)20-16-7-9-22(10-8-16)11-12-24-2/h3-6,14,16H,7-13H2,1-2H3,(H,20,23). The van der Waals surface area contributed by atoms with Crippen LogP contribution in [0.25, 0.3) is 10.9 Å². The molecule has 1 aromatic carbocycles. The summed E-state index contributed by atoms with van der Waals surface area (Å²) in [5, 5.41) is 4.38. The van der Waals surface area contributed by atoms with Crippen LogP contribution < -0.4 is 5.32 Å². The van der Waals surface area contributed by atoms with Gasteiger partial charge in [0.15, 0.2) is 0 Å². The minimum atomic E-state index is 0.127. The lowest BCUT2D eigenvalue weighted by Crippen LogP contribution is -2.45. The largest absolute Gasteiger partial charge is 0.383 e. The van der Waals surface area contributed by atoms with Gasteiger partial charge in [-0.3, -0.25) is 4.79 Å². The molecule has 1 amide bonds. The van der Waals surface area contributed by atoms with Crippen molar-refractivity contribution in [3.63, 3.8) is 0 Å². The Kier molecular flexibility index (Phi) is 5.53. The van der Waals surface area contributed by atoms with Crippen LogP contribution in [0.15, 0.2) is 30.5 Å². The van der Waals surface area contributed by atoms with Gasteiger partial charge in [-0.05, 0) is 24.5 Å². The van der Waals surface area contributed by atoms with E-state index in [9.17, 15) is 4.79 Å². The van der Waals surface area contributed by atoms with Crippen LogP contribution in [0.1, 0.15) is 18.4 Å². The smallest absolute Gasteiger partial charge is 0.224 e. The van der Waals surface area contributed by atoms with Crippen LogP contribution >= 0.6 is 0 Å². The van der Waals surface area contributed by atoms with Crippen molar-refractivity contribution in [3.05, 3.63) is 36.0 Å². The van der Waals surface area contributed by atoms with Crippen molar-refractivity contribution in [1.29, 1.82) is 0 Å². The summed E-state index contributed by atoms with van der Waals surface area (Å²) in [6.07, 6.45) is 4.55. The zero-order valence-electron chi connectivity index (χ0n) is 14.6. The fourth-order valence-electron chi connectivity index (χ4n) is 3.54. The molecule has 1 aliphatic heterocycles. The second-order valence-electron chi connectivity index (χ2n) is 6.64. The van der Waals surface area contributed by atoms with Crippen LogP contribution in [0.3, 0.4) is 0 Å². The van der Waals surface area contributed by atoms with Crippen LogP contribution in [0.2, 0.25) is 0 Å². The van der Waals surface area contributed by atoms with Crippen LogP contribution in [-0.2, 0) is 23.0 Å². The third kappa shape index (κ3) is 3.97. The summed E-state index contributed by atoms with van der Waals surface area (Å²) in [4.78, 5) is 14.8. The Bertz CT molecular complexity index is 687. The van der Waals surface area contributed by atoms with E-state index in [1.807, 2.05) is 19.2 Å². The number of hydrogen-bond acceptors (Lipinski definition) is 3. The molecule has 24 heavy (non-hydrogen) atoms. The SMILES string of the molecule is COCCN1CCC(NC(=O)Cc2cn(C)c3ccccc23)CC1. The number of para-hydroxylation sites is 1. The Morgan fingerprint density at radius 2 is 2.04 bits per heavy atom. The molecule has 130 valence electrons. The zero-order chi connectivity index (χ0) is 16.9. The number of carbonyl (C=O) groups excluding carboxylic acids is 1. The first-order valence-corrected chi connectivity index (χ1v) is 8.71. The summed E-state index contributed by atoms with van der Waals surface area (Å²) in [5.74, 6) is 0.127. The van der Waals surface area contributed by atoms with Crippen LogP contribution in [-0.4, -0.2) is 54.8 Å². The molecule has 2 aromatic rings. The van der Waals surface area contributed by atoms with Crippen molar-refractivity contribution in [2.24, 2.45) is 7.05 Å². The van der Waals surface area contributed by atoms with Gasteiger partial charge in [0, 0.05) is 56.9 Å². The number of amides is 1. The maximum atomic E-state index is 12.4. The van der Waals surface area contributed by atoms with Crippen LogP contribution in [0, 0.1) is 0 Å². The predicted octanol–water partition coefficient (Wildman–Crippen LogP) is 1.95. The summed E-state index contributed by atoms with van der Waals surface area (Å²) in [7, 11) is 3.76. The molecule has 1 N–H and O–H groups in total. The lowest BCUT2D eigenvalue weighted by molar-refractivity contribution is -0.121. The van der Waals surface area contributed by atoms with E-state index >= 15 is 0 Å². The number of likely N-dealkylation sites (tertiary alicyclic amines) is 1. The van der Waals surface area contributed by atoms with Crippen molar-refractivity contribution in [2.45, 2.75) is 25.3 Å². The van der Waals surface area contributed by atoms with Gasteiger partial charge in [0.05, 0.1) is 13.0 Å². The van der Waals surface area contributed by atoms with Crippen molar-refractivity contribution in [3.8, 4) is 0 Å². The third-order valence-electron chi connectivity index (χ3n) is 4.89. The number of aryl methyl sites for hydroxylation is 1. The number of ether oxygens (including phenoxy) is 1. The highest BCUT2D eigenvalue weighted by Gasteiger charge is 2.21. The highest BCUT2D eigenvalue weighted by molar-refractivity contribution is 5.89. The minimum Gasteiger partial charge on any atom is -0.383 e. The van der Waals surface area contributed by atoms with Gasteiger partial charge in [-0.25, -0.2) is 0 Å². The Morgan fingerprint density at radius 1 is 1.29 bits per heavy atom. The van der Waals surface area contributed by atoms with Gasteiger partial charge in [-0.1, -0.05) is 18.2 Å². The van der Waals surface area contributed by atoms with Crippen molar-refractivity contribution >= 4 is 16.8 Å². The number of rotatable bonds is 6. The Balaban J connectivity index is 1.53. The van der Waals surface area contributed by atoms with Crippen LogP contribution in [0.4, 0.5) is 0 Å². The maximum absolute atomic E-state index is 12.4. The number of fused-ring (bicyclic) bond motifs is 1. The van der Waals surface area contributed by atoms with Crippen LogP contribution in [0.5, 0.6) is 0 Å².